The molecule has 0 saturated carbocycles. The van der Waals surface area contributed by atoms with Crippen LogP contribution < -0.4 is 14.8 Å². The predicted molar refractivity (Wildman–Crippen MR) is 129 cm³/mol. The Kier molecular flexibility index (Phi) is 6.42. The average Bonchev–Trinajstić information content (AvgIpc) is 3.12. The summed E-state index contributed by atoms with van der Waals surface area (Å²) in [6.07, 6.45) is 0. The minimum absolute atomic E-state index is 0.200. The first kappa shape index (κ1) is 23.8. The monoisotopic (exact) mass is 483 g/mol. The molecule has 2 aromatic carbocycles. The van der Waals surface area contributed by atoms with Gasteiger partial charge in [-0.1, -0.05) is 12.1 Å². The topological polar surface area (TPSA) is 89.9 Å². The SMILES string of the molecule is Cc1cc(C(=O)NC(C)c2ccc(S(=O)(=O)N(C)C)cc2)c(C)n1-c1ccc2c(c1)OCCO2. The summed E-state index contributed by atoms with van der Waals surface area (Å²) in [4.78, 5) is 13.3. The van der Waals surface area contributed by atoms with E-state index in [0.29, 0.717) is 30.3 Å². The molecule has 1 N–H and O–H groups in total. The average molecular weight is 484 g/mol. The van der Waals surface area contributed by atoms with Gasteiger partial charge in [0.2, 0.25) is 10.0 Å². The van der Waals surface area contributed by atoms with Crippen molar-refractivity contribution in [3.05, 3.63) is 71.0 Å². The smallest absolute Gasteiger partial charge is 0.253 e. The Morgan fingerprint density at radius 3 is 2.29 bits per heavy atom. The zero-order valence-corrected chi connectivity index (χ0v) is 20.8. The van der Waals surface area contributed by atoms with Gasteiger partial charge in [-0.15, -0.1) is 0 Å². The van der Waals surface area contributed by atoms with Gasteiger partial charge in [-0.05, 0) is 56.7 Å². The highest BCUT2D eigenvalue weighted by atomic mass is 32.2. The molecule has 0 aliphatic carbocycles. The van der Waals surface area contributed by atoms with Crippen LogP contribution in [0, 0.1) is 13.8 Å². The Morgan fingerprint density at radius 2 is 1.65 bits per heavy atom. The first-order chi connectivity index (χ1) is 16.1. The van der Waals surface area contributed by atoms with Crippen molar-refractivity contribution in [1.29, 1.82) is 0 Å². The number of hydrogen-bond acceptors (Lipinski definition) is 5. The van der Waals surface area contributed by atoms with E-state index >= 15 is 0 Å². The van der Waals surface area contributed by atoms with Crippen LogP contribution in [0.15, 0.2) is 53.4 Å². The van der Waals surface area contributed by atoms with Gasteiger partial charge in [-0.25, -0.2) is 12.7 Å². The van der Waals surface area contributed by atoms with Gasteiger partial charge < -0.3 is 19.4 Å². The molecule has 1 aliphatic rings. The van der Waals surface area contributed by atoms with Crippen LogP contribution >= 0.6 is 0 Å². The number of fused-ring (bicyclic) bond motifs is 1. The van der Waals surface area contributed by atoms with Gasteiger partial charge in [-0.3, -0.25) is 4.79 Å². The number of carbonyl (C=O) groups is 1. The Labute approximate surface area is 200 Å². The highest BCUT2D eigenvalue weighted by molar-refractivity contribution is 7.89. The molecule has 34 heavy (non-hydrogen) atoms. The Bertz CT molecular complexity index is 1330. The summed E-state index contributed by atoms with van der Waals surface area (Å²) in [6.45, 7) is 6.77. The normalized spacial score (nSPS) is 14.2. The summed E-state index contributed by atoms with van der Waals surface area (Å²) >= 11 is 0. The van der Waals surface area contributed by atoms with E-state index in [4.69, 9.17) is 9.47 Å². The van der Waals surface area contributed by atoms with E-state index in [1.807, 2.05) is 49.6 Å². The fourth-order valence-corrected chi connectivity index (χ4v) is 4.96. The number of rotatable bonds is 6. The van der Waals surface area contributed by atoms with Crippen molar-refractivity contribution in [2.75, 3.05) is 27.3 Å². The zero-order chi connectivity index (χ0) is 24.6. The molecule has 4 rings (SSSR count). The van der Waals surface area contributed by atoms with Crippen molar-refractivity contribution in [3.63, 3.8) is 0 Å². The Balaban J connectivity index is 1.54. The number of nitrogens with zero attached hydrogens (tertiary/aromatic N) is 2. The number of hydrogen-bond donors (Lipinski definition) is 1. The number of aryl methyl sites for hydroxylation is 1. The maximum absolute atomic E-state index is 13.1. The molecule has 1 aliphatic heterocycles. The maximum Gasteiger partial charge on any atom is 0.253 e. The van der Waals surface area contributed by atoms with Crippen molar-refractivity contribution < 1.29 is 22.7 Å². The molecule has 3 aromatic rings. The van der Waals surface area contributed by atoms with Gasteiger partial charge in [0.25, 0.3) is 5.91 Å². The van der Waals surface area contributed by atoms with Crippen molar-refractivity contribution in [2.45, 2.75) is 31.7 Å². The summed E-state index contributed by atoms with van der Waals surface area (Å²) in [5.74, 6) is 1.21. The lowest BCUT2D eigenvalue weighted by molar-refractivity contribution is 0.0939. The number of sulfonamides is 1. The fraction of sp³-hybridized carbons (Fsp3) is 0.320. The second-order valence-corrected chi connectivity index (χ2v) is 10.7. The summed E-state index contributed by atoms with van der Waals surface area (Å²) in [5.41, 5.74) is 4.01. The molecule has 0 bridgehead atoms. The predicted octanol–water partition coefficient (Wildman–Crippen LogP) is 3.61. The molecule has 1 unspecified atom stereocenters. The van der Waals surface area contributed by atoms with Gasteiger partial charge in [0.1, 0.15) is 13.2 Å². The summed E-state index contributed by atoms with van der Waals surface area (Å²) in [6, 6.07) is 13.9. The van der Waals surface area contributed by atoms with E-state index in [9.17, 15) is 13.2 Å². The Hall–Kier alpha value is -3.30. The van der Waals surface area contributed by atoms with E-state index in [1.54, 1.807) is 24.3 Å². The molecule has 2 heterocycles. The van der Waals surface area contributed by atoms with E-state index in [2.05, 4.69) is 5.32 Å². The third-order valence-electron chi connectivity index (χ3n) is 5.97. The van der Waals surface area contributed by atoms with E-state index in [1.165, 1.54) is 18.4 Å². The number of amides is 1. The molecule has 0 radical (unpaired) electrons. The largest absolute Gasteiger partial charge is 0.486 e. The molecule has 9 heteroatoms. The van der Waals surface area contributed by atoms with Crippen molar-refractivity contribution in [2.24, 2.45) is 0 Å². The molecule has 0 fully saturated rings. The molecule has 1 aromatic heterocycles. The lowest BCUT2D eigenvalue weighted by Crippen LogP contribution is -2.27. The molecule has 1 atom stereocenters. The lowest BCUT2D eigenvalue weighted by Gasteiger charge is -2.20. The molecule has 180 valence electrons. The standard InChI is InChI=1S/C25H29N3O5S/c1-16-14-22(18(3)28(16)20-8-11-23-24(15-20)33-13-12-32-23)25(29)26-17(2)19-6-9-21(10-7-19)34(30,31)27(4)5/h6-11,14-15,17H,12-13H2,1-5H3,(H,26,29). The van der Waals surface area contributed by atoms with Crippen LogP contribution in [-0.2, 0) is 10.0 Å². The van der Waals surface area contributed by atoms with Gasteiger partial charge in [-0.2, -0.15) is 0 Å². The number of carbonyl (C=O) groups excluding carboxylic acids is 1. The second-order valence-electron chi connectivity index (χ2n) is 8.50. The number of nitrogens with one attached hydrogen (secondary N) is 1. The van der Waals surface area contributed by atoms with Crippen LogP contribution in [0.1, 0.15) is 40.3 Å². The van der Waals surface area contributed by atoms with Crippen LogP contribution in [0.25, 0.3) is 5.69 Å². The fourth-order valence-electron chi connectivity index (χ4n) is 4.06. The van der Waals surface area contributed by atoms with Crippen molar-refractivity contribution >= 4 is 15.9 Å². The molecular weight excluding hydrogens is 454 g/mol. The quantitative estimate of drug-likeness (QED) is 0.579. The van der Waals surface area contributed by atoms with Crippen LogP contribution in [0.5, 0.6) is 11.5 Å². The van der Waals surface area contributed by atoms with Gasteiger partial charge in [0.15, 0.2) is 11.5 Å². The van der Waals surface area contributed by atoms with Crippen LogP contribution in [0.3, 0.4) is 0 Å². The lowest BCUT2D eigenvalue weighted by atomic mass is 10.1. The number of ether oxygens (including phenoxy) is 2. The van der Waals surface area contributed by atoms with Crippen molar-refractivity contribution in [1.82, 2.24) is 14.2 Å². The first-order valence-corrected chi connectivity index (χ1v) is 12.5. The Morgan fingerprint density at radius 1 is 1.00 bits per heavy atom. The van der Waals surface area contributed by atoms with Crippen LogP contribution in [-0.4, -0.2) is 50.5 Å². The first-order valence-electron chi connectivity index (χ1n) is 11.0. The van der Waals surface area contributed by atoms with E-state index in [-0.39, 0.29) is 16.8 Å². The summed E-state index contributed by atoms with van der Waals surface area (Å²) in [5, 5.41) is 3.02. The van der Waals surface area contributed by atoms with Crippen LogP contribution in [0.4, 0.5) is 0 Å². The van der Waals surface area contributed by atoms with Crippen molar-refractivity contribution in [3.8, 4) is 17.2 Å². The number of benzene rings is 2. The van der Waals surface area contributed by atoms with Gasteiger partial charge in [0, 0.05) is 37.2 Å². The highest BCUT2D eigenvalue weighted by Gasteiger charge is 2.21. The van der Waals surface area contributed by atoms with Gasteiger partial charge >= 0.3 is 0 Å². The highest BCUT2D eigenvalue weighted by Crippen LogP contribution is 2.33. The molecule has 0 saturated heterocycles. The number of aromatic nitrogens is 1. The third kappa shape index (κ3) is 4.41. The second kappa shape index (κ2) is 9.15. The molecule has 0 spiro atoms. The minimum Gasteiger partial charge on any atom is -0.486 e. The molecular formula is C25H29N3O5S. The molecule has 1 amide bonds. The maximum atomic E-state index is 13.1. The van der Waals surface area contributed by atoms with E-state index in [0.717, 1.165) is 22.6 Å². The van der Waals surface area contributed by atoms with Gasteiger partial charge in [0.05, 0.1) is 16.5 Å². The third-order valence-corrected chi connectivity index (χ3v) is 7.80. The summed E-state index contributed by atoms with van der Waals surface area (Å²) in [7, 11) is -0.512. The summed E-state index contributed by atoms with van der Waals surface area (Å²) < 4.78 is 39.1. The minimum atomic E-state index is -3.50. The zero-order valence-electron chi connectivity index (χ0n) is 20.0. The molecule has 8 nitrogen and oxygen atoms in total. The van der Waals surface area contributed by atoms with Crippen LogP contribution in [0.2, 0.25) is 0 Å². The van der Waals surface area contributed by atoms with E-state index < -0.39 is 10.0 Å².